The van der Waals surface area contributed by atoms with Gasteiger partial charge in [0, 0.05) is 25.5 Å². The van der Waals surface area contributed by atoms with Crippen LogP contribution in [0.15, 0.2) is 36.8 Å². The van der Waals surface area contributed by atoms with Crippen LogP contribution in [0.5, 0.6) is 0 Å². The molecule has 3 rings (SSSR count). The number of amides is 2. The van der Waals surface area contributed by atoms with Gasteiger partial charge < -0.3 is 10.2 Å². The number of piperidine rings is 1. The molecule has 1 fully saturated rings. The van der Waals surface area contributed by atoms with Gasteiger partial charge in [0.1, 0.15) is 0 Å². The highest BCUT2D eigenvalue weighted by Gasteiger charge is 2.34. The fraction of sp³-hybridized carbons (Fsp3) is 0.400. The summed E-state index contributed by atoms with van der Waals surface area (Å²) >= 11 is 0. The van der Waals surface area contributed by atoms with Crippen molar-refractivity contribution >= 4 is 11.7 Å². The Labute approximate surface area is 136 Å². The van der Waals surface area contributed by atoms with Gasteiger partial charge in [-0.25, -0.2) is 4.79 Å². The summed E-state index contributed by atoms with van der Waals surface area (Å²) in [5, 5.41) is 6.35. The molecule has 24 heavy (non-hydrogen) atoms. The molecule has 1 N–H and O–H groups in total. The van der Waals surface area contributed by atoms with Crippen molar-refractivity contribution in [3.05, 3.63) is 42.5 Å². The van der Waals surface area contributed by atoms with Gasteiger partial charge in [0.05, 0.1) is 17.9 Å². The second-order valence-corrected chi connectivity index (χ2v) is 5.57. The average Bonchev–Trinajstić information content (AvgIpc) is 3.06. The summed E-state index contributed by atoms with van der Waals surface area (Å²) in [7, 11) is 0. The lowest BCUT2D eigenvalue weighted by Crippen LogP contribution is -2.41. The number of alkyl halides is 3. The fourth-order valence-corrected chi connectivity index (χ4v) is 2.67. The van der Waals surface area contributed by atoms with Crippen molar-refractivity contribution in [2.75, 3.05) is 18.4 Å². The van der Waals surface area contributed by atoms with Crippen LogP contribution in [0, 0.1) is 0 Å². The number of likely N-dealkylation sites (tertiary alicyclic amines) is 1. The van der Waals surface area contributed by atoms with Crippen molar-refractivity contribution < 1.29 is 18.0 Å². The Morgan fingerprint density at radius 1 is 1.25 bits per heavy atom. The molecule has 0 unspecified atom stereocenters. The number of hydrogen-bond acceptors (Lipinski definition) is 3. The number of anilines is 1. The maximum absolute atomic E-state index is 12.6. The summed E-state index contributed by atoms with van der Waals surface area (Å²) < 4.78 is 39.2. The van der Waals surface area contributed by atoms with Gasteiger partial charge in [0.15, 0.2) is 5.69 Å². The number of carbonyl (C=O) groups excluding carboxylic acids is 1. The van der Waals surface area contributed by atoms with Gasteiger partial charge in [-0.2, -0.15) is 18.3 Å². The first-order chi connectivity index (χ1) is 11.4. The summed E-state index contributed by atoms with van der Waals surface area (Å²) in [4.78, 5) is 17.7. The van der Waals surface area contributed by atoms with Crippen LogP contribution >= 0.6 is 0 Å². The van der Waals surface area contributed by atoms with Crippen molar-refractivity contribution in [2.24, 2.45) is 0 Å². The Hall–Kier alpha value is -2.58. The molecule has 3 heterocycles. The Balaban J connectivity index is 1.56. The van der Waals surface area contributed by atoms with E-state index in [4.69, 9.17) is 0 Å². The number of halogens is 3. The van der Waals surface area contributed by atoms with E-state index in [0.717, 1.165) is 6.07 Å². The third-order valence-corrected chi connectivity index (χ3v) is 3.94. The molecule has 128 valence electrons. The van der Waals surface area contributed by atoms with Gasteiger partial charge in [0.25, 0.3) is 0 Å². The third-order valence-electron chi connectivity index (χ3n) is 3.94. The van der Waals surface area contributed by atoms with Crippen molar-refractivity contribution in [1.82, 2.24) is 19.7 Å². The van der Waals surface area contributed by atoms with Gasteiger partial charge in [-0.15, -0.1) is 0 Å². The van der Waals surface area contributed by atoms with E-state index in [1.807, 2.05) is 0 Å². The lowest BCUT2D eigenvalue weighted by Gasteiger charge is -2.32. The molecule has 0 spiro atoms. The van der Waals surface area contributed by atoms with Gasteiger partial charge >= 0.3 is 12.2 Å². The minimum Gasteiger partial charge on any atom is -0.324 e. The zero-order valence-corrected chi connectivity index (χ0v) is 12.7. The highest BCUT2D eigenvalue weighted by Crippen LogP contribution is 2.29. The Kier molecular flexibility index (Phi) is 4.41. The molecule has 2 aromatic heterocycles. The van der Waals surface area contributed by atoms with E-state index >= 15 is 0 Å². The number of hydrogen-bond donors (Lipinski definition) is 1. The summed E-state index contributed by atoms with van der Waals surface area (Å²) in [5.74, 6) is 0. The van der Waals surface area contributed by atoms with Crippen LogP contribution in [-0.4, -0.2) is 38.8 Å². The normalized spacial score (nSPS) is 16.2. The Bertz CT molecular complexity index is 693. The maximum atomic E-state index is 12.6. The highest BCUT2D eigenvalue weighted by atomic mass is 19.4. The van der Waals surface area contributed by atoms with E-state index in [1.165, 1.54) is 10.9 Å². The predicted octanol–water partition coefficient (Wildman–Crippen LogP) is 3.17. The SMILES string of the molecule is O=C(Nc1cccnc1)N1CCC(n2ccc(C(F)(F)F)n2)CC1. The van der Waals surface area contributed by atoms with E-state index in [1.54, 1.807) is 29.4 Å². The summed E-state index contributed by atoms with van der Waals surface area (Å²) in [5.41, 5.74) is -0.286. The lowest BCUT2D eigenvalue weighted by atomic mass is 10.1. The molecule has 9 heteroatoms. The summed E-state index contributed by atoms with van der Waals surface area (Å²) in [6.45, 7) is 0.913. The van der Waals surface area contributed by atoms with Gasteiger partial charge in [-0.05, 0) is 31.0 Å². The first kappa shape index (κ1) is 16.3. The first-order valence-corrected chi connectivity index (χ1v) is 7.52. The Morgan fingerprint density at radius 2 is 2.00 bits per heavy atom. The van der Waals surface area contributed by atoms with Gasteiger partial charge in [0.2, 0.25) is 0 Å². The van der Waals surface area contributed by atoms with Crippen LogP contribution in [0.2, 0.25) is 0 Å². The molecule has 0 aliphatic carbocycles. The smallest absolute Gasteiger partial charge is 0.324 e. The number of rotatable bonds is 2. The number of pyridine rings is 1. The fourth-order valence-electron chi connectivity index (χ4n) is 2.67. The van der Waals surface area contributed by atoms with Gasteiger partial charge in [-0.1, -0.05) is 0 Å². The largest absolute Gasteiger partial charge is 0.435 e. The van der Waals surface area contributed by atoms with Crippen LogP contribution < -0.4 is 5.32 Å². The molecule has 6 nitrogen and oxygen atoms in total. The Morgan fingerprint density at radius 3 is 2.58 bits per heavy atom. The van der Waals surface area contributed by atoms with Gasteiger partial charge in [-0.3, -0.25) is 9.67 Å². The topological polar surface area (TPSA) is 63.1 Å². The number of nitrogens with one attached hydrogen (secondary N) is 1. The lowest BCUT2D eigenvalue weighted by molar-refractivity contribution is -0.141. The predicted molar refractivity (Wildman–Crippen MR) is 80.3 cm³/mol. The molecule has 1 aliphatic rings. The number of urea groups is 1. The molecule has 0 atom stereocenters. The van der Waals surface area contributed by atoms with E-state index < -0.39 is 11.9 Å². The molecule has 0 aromatic carbocycles. The first-order valence-electron chi connectivity index (χ1n) is 7.52. The van der Waals surface area contributed by atoms with Crippen LogP contribution in [0.4, 0.5) is 23.7 Å². The third kappa shape index (κ3) is 3.66. The van der Waals surface area contributed by atoms with Crippen LogP contribution in [0.1, 0.15) is 24.6 Å². The molecule has 0 radical (unpaired) electrons. The monoisotopic (exact) mass is 339 g/mol. The average molecular weight is 339 g/mol. The van der Waals surface area contributed by atoms with E-state index in [9.17, 15) is 18.0 Å². The zero-order valence-electron chi connectivity index (χ0n) is 12.7. The van der Waals surface area contributed by atoms with Crippen LogP contribution in [0.25, 0.3) is 0 Å². The molecule has 0 saturated carbocycles. The van der Waals surface area contributed by atoms with Crippen molar-refractivity contribution in [3.63, 3.8) is 0 Å². The molecule has 1 aliphatic heterocycles. The summed E-state index contributed by atoms with van der Waals surface area (Å²) in [6, 6.07) is 4.06. The zero-order chi connectivity index (χ0) is 17.2. The van der Waals surface area contributed by atoms with Crippen LogP contribution in [-0.2, 0) is 6.18 Å². The quantitative estimate of drug-likeness (QED) is 0.914. The van der Waals surface area contributed by atoms with E-state index in [-0.39, 0.29) is 12.1 Å². The van der Waals surface area contributed by atoms with Crippen molar-refractivity contribution in [2.45, 2.75) is 25.1 Å². The number of carbonyl (C=O) groups is 1. The van der Waals surface area contributed by atoms with E-state index in [2.05, 4.69) is 15.4 Å². The molecular weight excluding hydrogens is 323 g/mol. The minimum atomic E-state index is -4.43. The minimum absolute atomic E-state index is 0.136. The van der Waals surface area contributed by atoms with Crippen LogP contribution in [0.3, 0.4) is 0 Å². The highest BCUT2D eigenvalue weighted by molar-refractivity contribution is 5.89. The second-order valence-electron chi connectivity index (χ2n) is 5.57. The summed E-state index contributed by atoms with van der Waals surface area (Å²) in [6.07, 6.45) is 1.18. The number of aromatic nitrogens is 3. The standard InChI is InChI=1S/C15H16F3N5O/c16-15(17,18)13-5-9-23(21-13)12-3-7-22(8-4-12)14(24)20-11-2-1-6-19-10-11/h1-2,5-6,9-10,12H,3-4,7-8H2,(H,20,24). The molecule has 2 amide bonds. The number of nitrogens with zero attached hydrogens (tertiary/aromatic N) is 4. The van der Waals surface area contributed by atoms with E-state index in [0.29, 0.717) is 31.6 Å². The second kappa shape index (κ2) is 6.50. The van der Waals surface area contributed by atoms with Crippen molar-refractivity contribution in [1.29, 1.82) is 0 Å². The molecule has 0 bridgehead atoms. The molecule has 1 saturated heterocycles. The molecule has 2 aromatic rings. The molecular formula is C15H16F3N5O. The van der Waals surface area contributed by atoms with Crippen molar-refractivity contribution in [3.8, 4) is 0 Å². The maximum Gasteiger partial charge on any atom is 0.435 e.